The summed E-state index contributed by atoms with van der Waals surface area (Å²) in [5, 5.41) is 5.49. The number of hydrogen-bond donors (Lipinski definition) is 2. The number of carbonyl (C=O) groups is 4. The molecule has 9 nitrogen and oxygen atoms in total. The van der Waals surface area contributed by atoms with Crippen LogP contribution in [0.5, 0.6) is 0 Å². The highest BCUT2D eigenvalue weighted by atomic mass is 16.6. The molecule has 2 N–H and O–H groups in total. The van der Waals surface area contributed by atoms with Crippen LogP contribution in [0.1, 0.15) is 84.5 Å². The van der Waals surface area contributed by atoms with Crippen molar-refractivity contribution in [1.82, 2.24) is 15.5 Å². The highest BCUT2D eigenvalue weighted by Crippen LogP contribution is 2.27. The van der Waals surface area contributed by atoms with Gasteiger partial charge in [-0.25, -0.2) is 4.79 Å². The fraction of sp³-hybridized carbons (Fsp3) is 0.643. The van der Waals surface area contributed by atoms with E-state index in [1.807, 2.05) is 59.7 Å². The lowest BCUT2D eigenvalue weighted by atomic mass is 9.95. The van der Waals surface area contributed by atoms with E-state index in [2.05, 4.69) is 10.6 Å². The van der Waals surface area contributed by atoms with Crippen LogP contribution in [-0.2, 0) is 23.9 Å². The van der Waals surface area contributed by atoms with Gasteiger partial charge in [-0.1, -0.05) is 32.0 Å². The molecule has 0 saturated heterocycles. The van der Waals surface area contributed by atoms with Gasteiger partial charge in [0.2, 0.25) is 11.8 Å². The number of esters is 1. The molecular weight excluding hydrogens is 474 g/mol. The quantitative estimate of drug-likeness (QED) is 0.424. The summed E-state index contributed by atoms with van der Waals surface area (Å²) in [7, 11) is 0. The Balaban J connectivity index is 3.40. The molecule has 0 radical (unpaired) electrons. The molecule has 2 unspecified atom stereocenters. The number of hydrogen-bond acceptors (Lipinski definition) is 6. The second-order valence-electron chi connectivity index (χ2n) is 10.8. The van der Waals surface area contributed by atoms with Gasteiger partial charge in [-0.15, -0.1) is 0 Å². The summed E-state index contributed by atoms with van der Waals surface area (Å²) in [6.45, 7) is 18.5. The van der Waals surface area contributed by atoms with Gasteiger partial charge in [-0.3, -0.25) is 14.4 Å². The van der Waals surface area contributed by atoms with Crippen LogP contribution in [0.4, 0.5) is 4.79 Å². The number of rotatable bonds is 11. The minimum Gasteiger partial charge on any atom is -0.466 e. The lowest BCUT2D eigenvalue weighted by Crippen LogP contribution is -2.56. The van der Waals surface area contributed by atoms with Crippen LogP contribution in [-0.4, -0.2) is 59.6 Å². The number of nitrogens with zero attached hydrogens (tertiary/aromatic N) is 1. The van der Waals surface area contributed by atoms with E-state index in [4.69, 9.17) is 9.47 Å². The van der Waals surface area contributed by atoms with E-state index in [9.17, 15) is 19.2 Å². The van der Waals surface area contributed by atoms with Crippen molar-refractivity contribution in [1.29, 1.82) is 0 Å². The average molecular weight is 520 g/mol. The molecule has 3 amide bonds. The summed E-state index contributed by atoms with van der Waals surface area (Å²) in [6.07, 6.45) is -0.686. The normalized spacial score (nSPS) is 13.1. The Morgan fingerprint density at radius 2 is 1.62 bits per heavy atom. The number of amides is 3. The topological polar surface area (TPSA) is 114 Å². The maximum absolute atomic E-state index is 14.0. The third kappa shape index (κ3) is 10.1. The molecule has 2 atom stereocenters. The second-order valence-corrected chi connectivity index (χ2v) is 10.8. The van der Waals surface area contributed by atoms with Gasteiger partial charge < -0.3 is 25.0 Å². The van der Waals surface area contributed by atoms with Gasteiger partial charge in [0.05, 0.1) is 13.0 Å². The lowest BCUT2D eigenvalue weighted by molar-refractivity contribution is -0.146. The van der Waals surface area contributed by atoms with Gasteiger partial charge in [-0.2, -0.15) is 0 Å². The zero-order valence-corrected chi connectivity index (χ0v) is 24.1. The fourth-order valence-electron chi connectivity index (χ4n) is 3.78. The Kier molecular flexibility index (Phi) is 12.1. The number of nitrogens with one attached hydrogen (secondary N) is 2. The van der Waals surface area contributed by atoms with Crippen molar-refractivity contribution in [2.45, 2.75) is 99.4 Å². The summed E-state index contributed by atoms with van der Waals surface area (Å²) < 4.78 is 10.3. The first kappa shape index (κ1) is 31.9. The average Bonchev–Trinajstić information content (AvgIpc) is 2.75. The Morgan fingerprint density at radius 3 is 2.11 bits per heavy atom. The molecule has 0 fully saturated rings. The summed E-state index contributed by atoms with van der Waals surface area (Å²) in [6, 6.07) is 3.35. The molecule has 0 aromatic heterocycles. The summed E-state index contributed by atoms with van der Waals surface area (Å²) in [5.41, 5.74) is 1.94. The van der Waals surface area contributed by atoms with Crippen LogP contribution in [0.25, 0.3) is 0 Å². The molecule has 0 aliphatic heterocycles. The SMILES string of the molecule is CCOC(=O)CCNC(=O)C(c1ccc(C)c(C)c1)N(C(=O)C(NC(=O)OC(C)(C)C)C(C)C)C(C)C. The van der Waals surface area contributed by atoms with Gasteiger partial charge in [-0.05, 0) is 78.0 Å². The zero-order valence-electron chi connectivity index (χ0n) is 24.1. The molecule has 0 aliphatic carbocycles. The summed E-state index contributed by atoms with van der Waals surface area (Å²) in [4.78, 5) is 53.4. The highest BCUT2D eigenvalue weighted by molar-refractivity contribution is 5.92. The maximum atomic E-state index is 14.0. The number of ether oxygens (including phenoxy) is 2. The predicted octanol–water partition coefficient (Wildman–Crippen LogP) is 4.20. The first-order chi connectivity index (χ1) is 17.1. The van der Waals surface area contributed by atoms with Crippen molar-refractivity contribution in [3.63, 3.8) is 0 Å². The van der Waals surface area contributed by atoms with Crippen molar-refractivity contribution in [2.24, 2.45) is 5.92 Å². The molecule has 208 valence electrons. The molecule has 1 rings (SSSR count). The van der Waals surface area contributed by atoms with Crippen LogP contribution < -0.4 is 10.6 Å². The Bertz CT molecular complexity index is 952. The Hall–Kier alpha value is -3.10. The van der Waals surface area contributed by atoms with Crippen LogP contribution in [0.3, 0.4) is 0 Å². The molecule has 0 bridgehead atoms. The molecule has 37 heavy (non-hydrogen) atoms. The first-order valence-corrected chi connectivity index (χ1v) is 12.9. The molecule has 0 heterocycles. The van der Waals surface area contributed by atoms with Gasteiger partial charge in [0, 0.05) is 12.6 Å². The second kappa shape index (κ2) is 14.0. The van der Waals surface area contributed by atoms with E-state index < -0.39 is 41.6 Å². The van der Waals surface area contributed by atoms with E-state index in [0.29, 0.717) is 5.56 Å². The molecule has 1 aromatic rings. The molecular formula is C28H45N3O6. The summed E-state index contributed by atoms with van der Waals surface area (Å²) in [5.74, 6) is -1.51. The van der Waals surface area contributed by atoms with E-state index in [0.717, 1.165) is 11.1 Å². The van der Waals surface area contributed by atoms with Crippen molar-refractivity contribution in [2.75, 3.05) is 13.2 Å². The molecule has 0 saturated carbocycles. The van der Waals surface area contributed by atoms with E-state index in [-0.39, 0.29) is 31.5 Å². The van der Waals surface area contributed by atoms with Gasteiger partial charge in [0.25, 0.3) is 0 Å². The zero-order chi connectivity index (χ0) is 28.5. The van der Waals surface area contributed by atoms with Crippen LogP contribution in [0.15, 0.2) is 18.2 Å². The fourth-order valence-corrected chi connectivity index (χ4v) is 3.78. The molecule has 9 heteroatoms. The predicted molar refractivity (Wildman–Crippen MR) is 143 cm³/mol. The van der Waals surface area contributed by atoms with Crippen molar-refractivity contribution >= 4 is 23.9 Å². The lowest BCUT2D eigenvalue weighted by Gasteiger charge is -2.38. The number of carbonyl (C=O) groups excluding carboxylic acids is 4. The maximum Gasteiger partial charge on any atom is 0.408 e. The standard InChI is InChI=1S/C28H45N3O6/c1-11-36-22(32)14-15-29-25(33)24(21-13-12-19(6)20(7)16-21)31(18(4)5)26(34)23(17(2)3)30-27(35)37-28(8,9)10/h12-13,16-18,23-24H,11,14-15H2,1-10H3,(H,29,33)(H,30,35). The van der Waals surface area contributed by atoms with Gasteiger partial charge >= 0.3 is 12.1 Å². The molecule has 0 aliphatic rings. The van der Waals surface area contributed by atoms with Crippen LogP contribution in [0, 0.1) is 19.8 Å². The third-order valence-corrected chi connectivity index (χ3v) is 5.72. The molecule has 1 aromatic carbocycles. The van der Waals surface area contributed by atoms with E-state index in [1.54, 1.807) is 27.7 Å². The minimum atomic E-state index is -0.976. The number of alkyl carbamates (subject to hydrolysis) is 1. The first-order valence-electron chi connectivity index (χ1n) is 12.9. The van der Waals surface area contributed by atoms with Gasteiger partial charge in [0.1, 0.15) is 17.7 Å². The Labute approximate surface area is 221 Å². The smallest absolute Gasteiger partial charge is 0.408 e. The van der Waals surface area contributed by atoms with E-state index >= 15 is 0 Å². The van der Waals surface area contributed by atoms with Gasteiger partial charge in [0.15, 0.2) is 0 Å². The number of benzene rings is 1. The van der Waals surface area contributed by atoms with Crippen molar-refractivity contribution in [3.8, 4) is 0 Å². The Morgan fingerprint density at radius 1 is 1.00 bits per heavy atom. The number of aryl methyl sites for hydroxylation is 2. The third-order valence-electron chi connectivity index (χ3n) is 5.72. The van der Waals surface area contributed by atoms with E-state index in [1.165, 1.54) is 4.90 Å². The summed E-state index contributed by atoms with van der Waals surface area (Å²) >= 11 is 0. The van der Waals surface area contributed by atoms with Crippen molar-refractivity contribution < 1.29 is 28.7 Å². The van der Waals surface area contributed by atoms with Crippen LogP contribution >= 0.6 is 0 Å². The minimum absolute atomic E-state index is 0.0175. The van der Waals surface area contributed by atoms with Crippen LogP contribution in [0.2, 0.25) is 0 Å². The monoisotopic (exact) mass is 519 g/mol. The largest absolute Gasteiger partial charge is 0.466 e. The van der Waals surface area contributed by atoms with Crippen molar-refractivity contribution in [3.05, 3.63) is 34.9 Å². The highest BCUT2D eigenvalue weighted by Gasteiger charge is 2.39. The molecule has 0 spiro atoms.